The lowest BCUT2D eigenvalue weighted by Crippen LogP contribution is -1.94. The van der Waals surface area contributed by atoms with Crippen LogP contribution in [0.2, 0.25) is 5.02 Å². The third-order valence-electron chi connectivity index (χ3n) is 2.18. The van der Waals surface area contributed by atoms with Gasteiger partial charge >= 0.3 is 0 Å². The highest BCUT2D eigenvalue weighted by Crippen LogP contribution is 2.31. The first-order valence-electron chi connectivity index (χ1n) is 3.88. The Morgan fingerprint density at radius 3 is 2.25 bits per heavy atom. The van der Waals surface area contributed by atoms with E-state index in [0.29, 0.717) is 0 Å². The van der Waals surface area contributed by atoms with Crippen LogP contribution in [0.15, 0.2) is 6.07 Å². The number of rotatable bonds is 1. The maximum absolute atomic E-state index is 5.99. The van der Waals surface area contributed by atoms with Crippen LogP contribution in [0.4, 0.5) is 0 Å². The lowest BCUT2D eigenvalue weighted by atomic mass is 10.1. The molecule has 0 unspecified atom stereocenters. The molecule has 0 fully saturated rings. The topological polar surface area (TPSA) is 9.23 Å². The quantitative estimate of drug-likeness (QED) is 0.651. The number of hydrogen-bond acceptors (Lipinski definition) is 1. The molecule has 0 bridgehead atoms. The van der Waals surface area contributed by atoms with Crippen molar-refractivity contribution in [2.45, 2.75) is 20.8 Å². The van der Waals surface area contributed by atoms with Gasteiger partial charge in [0.1, 0.15) is 5.75 Å². The zero-order valence-electron chi connectivity index (χ0n) is 7.86. The third kappa shape index (κ3) is 1.42. The van der Waals surface area contributed by atoms with Crippen molar-refractivity contribution >= 4 is 11.6 Å². The van der Waals surface area contributed by atoms with E-state index in [0.717, 1.165) is 16.3 Å². The Labute approximate surface area is 78.3 Å². The van der Waals surface area contributed by atoms with E-state index in [9.17, 15) is 0 Å². The summed E-state index contributed by atoms with van der Waals surface area (Å²) in [5.41, 5.74) is 3.35. The van der Waals surface area contributed by atoms with E-state index in [1.807, 2.05) is 26.8 Å². The molecule has 0 aliphatic rings. The van der Waals surface area contributed by atoms with Gasteiger partial charge in [-0.2, -0.15) is 0 Å². The molecule has 66 valence electrons. The molecule has 0 atom stereocenters. The number of hydrogen-bond donors (Lipinski definition) is 0. The Balaban J connectivity index is 3.42. The molecule has 1 nitrogen and oxygen atoms in total. The normalized spacial score (nSPS) is 10.1. The number of aryl methyl sites for hydroxylation is 1. The zero-order valence-corrected chi connectivity index (χ0v) is 8.62. The van der Waals surface area contributed by atoms with Gasteiger partial charge in [0.05, 0.1) is 7.11 Å². The fraction of sp³-hybridized carbons (Fsp3) is 0.400. The van der Waals surface area contributed by atoms with E-state index >= 15 is 0 Å². The van der Waals surface area contributed by atoms with Crippen molar-refractivity contribution in [3.8, 4) is 5.75 Å². The van der Waals surface area contributed by atoms with Crippen molar-refractivity contribution in [1.29, 1.82) is 0 Å². The van der Waals surface area contributed by atoms with Crippen LogP contribution in [0.3, 0.4) is 0 Å². The highest BCUT2D eigenvalue weighted by molar-refractivity contribution is 6.31. The predicted molar refractivity (Wildman–Crippen MR) is 52.2 cm³/mol. The van der Waals surface area contributed by atoms with E-state index < -0.39 is 0 Å². The second kappa shape index (κ2) is 3.36. The average molecular weight is 185 g/mol. The Morgan fingerprint density at radius 2 is 1.75 bits per heavy atom. The van der Waals surface area contributed by atoms with Gasteiger partial charge in [-0.1, -0.05) is 11.6 Å². The molecule has 0 aromatic heterocycles. The molecule has 0 saturated heterocycles. The molecule has 2 heteroatoms. The molecule has 0 amide bonds. The van der Waals surface area contributed by atoms with Gasteiger partial charge in [0.25, 0.3) is 0 Å². The van der Waals surface area contributed by atoms with Gasteiger partial charge < -0.3 is 4.74 Å². The molecule has 0 N–H and O–H groups in total. The molecule has 1 rings (SSSR count). The second-order valence-electron chi connectivity index (χ2n) is 2.96. The molecule has 0 spiro atoms. The average Bonchev–Trinajstić information content (AvgIpc) is 2.02. The SMILES string of the molecule is COc1c(C)c(C)cc(Cl)c1C. The van der Waals surface area contributed by atoms with Crippen LogP contribution in [0.1, 0.15) is 16.7 Å². The molecule has 12 heavy (non-hydrogen) atoms. The summed E-state index contributed by atoms with van der Waals surface area (Å²) in [6.07, 6.45) is 0. The summed E-state index contributed by atoms with van der Waals surface area (Å²) < 4.78 is 5.25. The van der Waals surface area contributed by atoms with Crippen LogP contribution in [0.5, 0.6) is 5.75 Å². The number of halogens is 1. The molecule has 1 aromatic rings. The maximum atomic E-state index is 5.99. The van der Waals surface area contributed by atoms with Crippen LogP contribution in [-0.2, 0) is 0 Å². The third-order valence-corrected chi connectivity index (χ3v) is 2.57. The fourth-order valence-corrected chi connectivity index (χ4v) is 1.53. The van der Waals surface area contributed by atoms with Crippen LogP contribution in [-0.4, -0.2) is 7.11 Å². The minimum Gasteiger partial charge on any atom is -0.496 e. The Morgan fingerprint density at radius 1 is 1.17 bits per heavy atom. The summed E-state index contributed by atoms with van der Waals surface area (Å²) in [7, 11) is 1.67. The number of ether oxygens (including phenoxy) is 1. The van der Waals surface area contributed by atoms with Gasteiger partial charge in [0, 0.05) is 10.6 Å². The van der Waals surface area contributed by atoms with Crippen LogP contribution < -0.4 is 4.74 Å². The monoisotopic (exact) mass is 184 g/mol. The lowest BCUT2D eigenvalue weighted by molar-refractivity contribution is 0.408. The van der Waals surface area contributed by atoms with E-state index in [1.165, 1.54) is 11.1 Å². The van der Waals surface area contributed by atoms with E-state index in [1.54, 1.807) is 7.11 Å². The molecular weight excluding hydrogens is 172 g/mol. The van der Waals surface area contributed by atoms with Crippen LogP contribution in [0, 0.1) is 20.8 Å². The number of methoxy groups -OCH3 is 1. The number of benzene rings is 1. The Kier molecular flexibility index (Phi) is 2.63. The molecule has 0 aliphatic carbocycles. The summed E-state index contributed by atoms with van der Waals surface area (Å²) in [4.78, 5) is 0. The maximum Gasteiger partial charge on any atom is 0.126 e. The van der Waals surface area contributed by atoms with Gasteiger partial charge in [-0.25, -0.2) is 0 Å². The van der Waals surface area contributed by atoms with Gasteiger partial charge in [0.2, 0.25) is 0 Å². The van der Waals surface area contributed by atoms with Crippen molar-refractivity contribution in [2.75, 3.05) is 7.11 Å². The van der Waals surface area contributed by atoms with Crippen molar-refractivity contribution in [1.82, 2.24) is 0 Å². The molecule has 0 radical (unpaired) electrons. The smallest absolute Gasteiger partial charge is 0.126 e. The molecule has 1 aromatic carbocycles. The lowest BCUT2D eigenvalue weighted by Gasteiger charge is -2.12. The van der Waals surface area contributed by atoms with E-state index in [-0.39, 0.29) is 0 Å². The van der Waals surface area contributed by atoms with Crippen molar-refractivity contribution in [3.63, 3.8) is 0 Å². The Bertz CT molecular complexity index is 279. The Hall–Kier alpha value is -0.690. The summed E-state index contributed by atoms with van der Waals surface area (Å²) in [6.45, 7) is 6.04. The van der Waals surface area contributed by atoms with Crippen LogP contribution >= 0.6 is 11.6 Å². The second-order valence-corrected chi connectivity index (χ2v) is 3.37. The fourth-order valence-electron chi connectivity index (χ4n) is 1.28. The van der Waals surface area contributed by atoms with Gasteiger partial charge in [-0.05, 0) is 38.0 Å². The predicted octanol–water partition coefficient (Wildman–Crippen LogP) is 3.27. The minimum absolute atomic E-state index is 0.773. The van der Waals surface area contributed by atoms with Crippen molar-refractivity contribution in [3.05, 3.63) is 27.8 Å². The zero-order chi connectivity index (χ0) is 9.30. The van der Waals surface area contributed by atoms with E-state index in [2.05, 4.69) is 0 Å². The first-order valence-corrected chi connectivity index (χ1v) is 4.26. The van der Waals surface area contributed by atoms with Gasteiger partial charge in [-0.15, -0.1) is 0 Å². The summed E-state index contributed by atoms with van der Waals surface area (Å²) >= 11 is 5.99. The van der Waals surface area contributed by atoms with Gasteiger partial charge in [-0.3, -0.25) is 0 Å². The molecule has 0 aliphatic heterocycles. The summed E-state index contributed by atoms with van der Waals surface area (Å²) in [5.74, 6) is 0.903. The largest absolute Gasteiger partial charge is 0.496 e. The first kappa shape index (κ1) is 9.40. The summed E-state index contributed by atoms with van der Waals surface area (Å²) in [5, 5.41) is 0.773. The molecule has 0 saturated carbocycles. The summed E-state index contributed by atoms with van der Waals surface area (Å²) in [6, 6.07) is 1.97. The molecule has 0 heterocycles. The first-order chi connectivity index (χ1) is 5.57. The van der Waals surface area contributed by atoms with Crippen molar-refractivity contribution < 1.29 is 4.74 Å². The minimum atomic E-state index is 0.773. The molecular formula is C10H13ClO. The van der Waals surface area contributed by atoms with Gasteiger partial charge in [0.15, 0.2) is 0 Å². The standard InChI is InChI=1S/C10H13ClO/c1-6-5-9(11)8(3)10(12-4)7(6)2/h5H,1-4H3. The van der Waals surface area contributed by atoms with Crippen LogP contribution in [0.25, 0.3) is 0 Å². The highest BCUT2D eigenvalue weighted by Gasteiger charge is 2.08. The van der Waals surface area contributed by atoms with Crippen molar-refractivity contribution in [2.24, 2.45) is 0 Å². The highest BCUT2D eigenvalue weighted by atomic mass is 35.5. The van der Waals surface area contributed by atoms with E-state index in [4.69, 9.17) is 16.3 Å².